The lowest BCUT2D eigenvalue weighted by Gasteiger charge is -2.06. The summed E-state index contributed by atoms with van der Waals surface area (Å²) in [5.74, 6) is 0. The van der Waals surface area contributed by atoms with E-state index in [9.17, 15) is 4.79 Å². The second-order valence-electron chi connectivity index (χ2n) is 3.52. The van der Waals surface area contributed by atoms with Gasteiger partial charge in [-0.2, -0.15) is 0 Å². The van der Waals surface area contributed by atoms with Gasteiger partial charge >= 0.3 is 0 Å². The first-order valence-corrected chi connectivity index (χ1v) is 5.49. The van der Waals surface area contributed by atoms with Crippen LogP contribution in [0.4, 0.5) is 0 Å². The average molecular weight is 254 g/mol. The maximum atomic E-state index is 11.3. The number of aromatic amines is 1. The molecule has 0 fully saturated rings. The first-order valence-electron chi connectivity index (χ1n) is 4.73. The molecule has 16 heavy (non-hydrogen) atoms. The van der Waals surface area contributed by atoms with Crippen LogP contribution in [0.5, 0.6) is 0 Å². The third-order valence-electron chi connectivity index (χ3n) is 2.24. The van der Waals surface area contributed by atoms with Gasteiger partial charge in [-0.15, -0.1) is 0 Å². The van der Waals surface area contributed by atoms with Crippen LogP contribution in [-0.4, -0.2) is 4.98 Å². The molecule has 82 valence electrons. The van der Waals surface area contributed by atoms with Gasteiger partial charge in [-0.3, -0.25) is 4.79 Å². The zero-order chi connectivity index (χ0) is 11.7. The molecule has 0 radical (unpaired) electrons. The molecule has 4 heteroatoms. The number of H-pyrrole nitrogens is 1. The molecule has 2 rings (SSSR count). The highest BCUT2D eigenvalue weighted by Crippen LogP contribution is 2.32. The van der Waals surface area contributed by atoms with Gasteiger partial charge in [0.15, 0.2) is 0 Å². The van der Waals surface area contributed by atoms with Crippen molar-refractivity contribution in [3.05, 3.63) is 56.4 Å². The second-order valence-corrected chi connectivity index (χ2v) is 4.30. The summed E-state index contributed by atoms with van der Waals surface area (Å²) in [4.78, 5) is 14.0. The van der Waals surface area contributed by atoms with Crippen LogP contribution in [0.2, 0.25) is 10.0 Å². The lowest BCUT2D eigenvalue weighted by Crippen LogP contribution is -2.05. The van der Waals surface area contributed by atoms with E-state index in [1.54, 1.807) is 12.1 Å². The van der Waals surface area contributed by atoms with Gasteiger partial charge in [-0.1, -0.05) is 35.3 Å². The number of halogens is 2. The van der Waals surface area contributed by atoms with E-state index in [2.05, 4.69) is 4.98 Å². The number of pyridine rings is 1. The molecular weight excluding hydrogens is 245 g/mol. The minimum absolute atomic E-state index is 0.147. The first kappa shape index (κ1) is 11.2. The summed E-state index contributed by atoms with van der Waals surface area (Å²) < 4.78 is 0. The van der Waals surface area contributed by atoms with Gasteiger partial charge < -0.3 is 4.98 Å². The number of nitrogens with one attached hydrogen (secondary N) is 1. The van der Waals surface area contributed by atoms with Crippen molar-refractivity contribution in [2.75, 3.05) is 0 Å². The Bertz CT molecular complexity index is 590. The Hall–Kier alpha value is -1.25. The molecule has 0 saturated carbocycles. The minimum Gasteiger partial charge on any atom is -0.326 e. The lowest BCUT2D eigenvalue weighted by molar-refractivity contribution is 1.14. The van der Waals surface area contributed by atoms with Crippen molar-refractivity contribution >= 4 is 23.2 Å². The van der Waals surface area contributed by atoms with Gasteiger partial charge in [-0.25, -0.2) is 0 Å². The number of benzene rings is 1. The Morgan fingerprint density at radius 1 is 1.19 bits per heavy atom. The molecule has 0 bridgehead atoms. The van der Waals surface area contributed by atoms with Crippen LogP contribution in [0.1, 0.15) is 5.69 Å². The molecule has 0 atom stereocenters. The maximum absolute atomic E-state index is 11.3. The van der Waals surface area contributed by atoms with Crippen LogP contribution < -0.4 is 5.56 Å². The quantitative estimate of drug-likeness (QED) is 0.827. The van der Waals surface area contributed by atoms with Crippen molar-refractivity contribution in [1.29, 1.82) is 0 Å². The zero-order valence-corrected chi connectivity index (χ0v) is 10.1. The number of aromatic nitrogens is 1. The van der Waals surface area contributed by atoms with Gasteiger partial charge in [0.2, 0.25) is 5.56 Å². The molecule has 0 aliphatic heterocycles. The van der Waals surface area contributed by atoms with Crippen molar-refractivity contribution in [1.82, 2.24) is 4.98 Å². The minimum atomic E-state index is -0.147. The molecule has 1 aromatic heterocycles. The Labute approximate surface area is 103 Å². The van der Waals surface area contributed by atoms with E-state index >= 15 is 0 Å². The highest BCUT2D eigenvalue weighted by atomic mass is 35.5. The largest absolute Gasteiger partial charge is 0.326 e. The molecule has 2 nitrogen and oxygen atoms in total. The number of hydrogen-bond donors (Lipinski definition) is 1. The van der Waals surface area contributed by atoms with E-state index in [1.165, 1.54) is 6.07 Å². The van der Waals surface area contributed by atoms with Crippen LogP contribution in [0.3, 0.4) is 0 Å². The van der Waals surface area contributed by atoms with Crippen LogP contribution in [-0.2, 0) is 0 Å². The highest BCUT2D eigenvalue weighted by molar-refractivity contribution is 6.43. The molecule has 0 spiro atoms. The fraction of sp³-hybridized carbons (Fsp3) is 0.0833. The third kappa shape index (κ3) is 2.13. The fourth-order valence-corrected chi connectivity index (χ4v) is 1.97. The standard InChI is InChI=1S/C12H9Cl2NO/c1-7-5-8(6-11(16)15-7)9-3-2-4-10(13)12(9)14/h2-6H,1H3,(H,15,16). The van der Waals surface area contributed by atoms with Gasteiger partial charge in [-0.05, 0) is 24.6 Å². The van der Waals surface area contributed by atoms with Crippen LogP contribution in [0.15, 0.2) is 35.1 Å². The van der Waals surface area contributed by atoms with E-state index in [1.807, 2.05) is 19.1 Å². The summed E-state index contributed by atoms with van der Waals surface area (Å²) in [5.41, 5.74) is 2.18. The Morgan fingerprint density at radius 3 is 2.62 bits per heavy atom. The summed E-state index contributed by atoms with van der Waals surface area (Å²) in [6, 6.07) is 8.72. The molecule has 0 amide bonds. The summed E-state index contributed by atoms with van der Waals surface area (Å²) in [6.07, 6.45) is 0. The van der Waals surface area contributed by atoms with E-state index in [0.29, 0.717) is 10.0 Å². The smallest absolute Gasteiger partial charge is 0.248 e. The lowest BCUT2D eigenvalue weighted by atomic mass is 10.1. The first-order chi connectivity index (χ1) is 7.58. The molecule has 1 aromatic carbocycles. The molecule has 0 aliphatic carbocycles. The van der Waals surface area contributed by atoms with Crippen molar-refractivity contribution in [3.63, 3.8) is 0 Å². The molecule has 1 heterocycles. The van der Waals surface area contributed by atoms with Crippen LogP contribution in [0, 0.1) is 6.92 Å². The topological polar surface area (TPSA) is 32.9 Å². The molecule has 2 aromatic rings. The normalized spacial score (nSPS) is 10.4. The van der Waals surface area contributed by atoms with E-state index in [4.69, 9.17) is 23.2 Å². The molecule has 0 unspecified atom stereocenters. The van der Waals surface area contributed by atoms with E-state index in [0.717, 1.165) is 16.8 Å². The maximum Gasteiger partial charge on any atom is 0.248 e. The Morgan fingerprint density at radius 2 is 1.94 bits per heavy atom. The fourth-order valence-electron chi connectivity index (χ4n) is 1.56. The monoisotopic (exact) mass is 253 g/mol. The predicted octanol–water partition coefficient (Wildman–Crippen LogP) is 3.66. The van der Waals surface area contributed by atoms with Gasteiger partial charge in [0.1, 0.15) is 0 Å². The Kier molecular flexibility index (Phi) is 3.03. The third-order valence-corrected chi connectivity index (χ3v) is 3.06. The number of aryl methyl sites for hydroxylation is 1. The Balaban J connectivity index is 2.67. The van der Waals surface area contributed by atoms with E-state index in [-0.39, 0.29) is 5.56 Å². The SMILES string of the molecule is Cc1cc(-c2cccc(Cl)c2Cl)cc(=O)[nH]1. The van der Waals surface area contributed by atoms with Gasteiger partial charge in [0, 0.05) is 17.3 Å². The summed E-state index contributed by atoms with van der Waals surface area (Å²) >= 11 is 12.0. The van der Waals surface area contributed by atoms with Crippen molar-refractivity contribution in [3.8, 4) is 11.1 Å². The predicted molar refractivity (Wildman–Crippen MR) is 67.3 cm³/mol. The molecular formula is C12H9Cl2NO. The van der Waals surface area contributed by atoms with Crippen molar-refractivity contribution in [2.45, 2.75) is 6.92 Å². The van der Waals surface area contributed by atoms with Gasteiger partial charge in [0.25, 0.3) is 0 Å². The molecule has 0 aliphatic rings. The summed E-state index contributed by atoms with van der Waals surface area (Å²) in [6.45, 7) is 1.82. The molecule has 1 N–H and O–H groups in total. The number of hydrogen-bond acceptors (Lipinski definition) is 1. The molecule has 0 saturated heterocycles. The summed E-state index contributed by atoms with van der Waals surface area (Å²) in [7, 11) is 0. The number of rotatable bonds is 1. The zero-order valence-electron chi connectivity index (χ0n) is 8.55. The van der Waals surface area contributed by atoms with Crippen LogP contribution in [0.25, 0.3) is 11.1 Å². The van der Waals surface area contributed by atoms with Gasteiger partial charge in [0.05, 0.1) is 10.0 Å². The van der Waals surface area contributed by atoms with Crippen molar-refractivity contribution in [2.24, 2.45) is 0 Å². The van der Waals surface area contributed by atoms with E-state index < -0.39 is 0 Å². The van der Waals surface area contributed by atoms with Crippen LogP contribution >= 0.6 is 23.2 Å². The highest BCUT2D eigenvalue weighted by Gasteiger charge is 2.07. The van der Waals surface area contributed by atoms with Crippen molar-refractivity contribution < 1.29 is 0 Å². The summed E-state index contributed by atoms with van der Waals surface area (Å²) in [5, 5.41) is 0.950. The average Bonchev–Trinajstić information content (AvgIpc) is 2.20. The second kappa shape index (κ2) is 4.32.